The van der Waals surface area contributed by atoms with Gasteiger partial charge in [-0.3, -0.25) is 9.59 Å². The van der Waals surface area contributed by atoms with E-state index in [0.29, 0.717) is 11.5 Å². The molecule has 0 radical (unpaired) electrons. The quantitative estimate of drug-likeness (QED) is 0.597. The lowest BCUT2D eigenvalue weighted by molar-refractivity contribution is -0.142. The maximum Gasteiger partial charge on any atom is 0.340 e. The van der Waals surface area contributed by atoms with E-state index in [1.165, 1.54) is 33.5 Å². The standard InChI is InChI=1S/C15H19NO7/c1-5-23-15(19)9-6-11(20-2)12(21-3)7-10(9)16-13(17)8-14(18)22-4/h6-7H,5,8H2,1-4H3,(H,16,17). The fourth-order valence-corrected chi connectivity index (χ4v) is 1.76. The molecule has 0 aliphatic carbocycles. The summed E-state index contributed by atoms with van der Waals surface area (Å²) in [6.45, 7) is 1.83. The molecule has 1 N–H and O–H groups in total. The van der Waals surface area contributed by atoms with Gasteiger partial charge < -0.3 is 24.3 Å². The normalized spacial score (nSPS) is 9.74. The summed E-state index contributed by atoms with van der Waals surface area (Å²) in [6.07, 6.45) is -0.479. The van der Waals surface area contributed by atoms with E-state index >= 15 is 0 Å². The Morgan fingerprint density at radius 2 is 1.65 bits per heavy atom. The highest BCUT2D eigenvalue weighted by molar-refractivity contribution is 6.06. The number of ether oxygens (including phenoxy) is 4. The van der Waals surface area contributed by atoms with Crippen molar-refractivity contribution in [2.45, 2.75) is 13.3 Å². The van der Waals surface area contributed by atoms with Crippen molar-refractivity contribution < 1.29 is 33.3 Å². The molecular weight excluding hydrogens is 306 g/mol. The van der Waals surface area contributed by atoms with Crippen molar-refractivity contribution in [3.8, 4) is 11.5 Å². The molecular formula is C15H19NO7. The van der Waals surface area contributed by atoms with Crippen molar-refractivity contribution in [3.63, 3.8) is 0 Å². The lowest BCUT2D eigenvalue weighted by Crippen LogP contribution is -2.19. The van der Waals surface area contributed by atoms with Crippen molar-refractivity contribution >= 4 is 23.5 Å². The average molecular weight is 325 g/mol. The minimum absolute atomic E-state index is 0.0858. The summed E-state index contributed by atoms with van der Waals surface area (Å²) in [4.78, 5) is 35.0. The molecule has 1 amide bonds. The Morgan fingerprint density at radius 1 is 1.04 bits per heavy atom. The largest absolute Gasteiger partial charge is 0.493 e. The van der Waals surface area contributed by atoms with Gasteiger partial charge in [-0.1, -0.05) is 0 Å². The van der Waals surface area contributed by atoms with Crippen LogP contribution in [0.5, 0.6) is 11.5 Å². The minimum Gasteiger partial charge on any atom is -0.493 e. The number of rotatable bonds is 7. The van der Waals surface area contributed by atoms with Gasteiger partial charge in [-0.25, -0.2) is 4.79 Å². The van der Waals surface area contributed by atoms with E-state index in [4.69, 9.17) is 14.2 Å². The Hall–Kier alpha value is -2.77. The Morgan fingerprint density at radius 3 is 2.17 bits per heavy atom. The van der Waals surface area contributed by atoms with Gasteiger partial charge in [0.25, 0.3) is 0 Å². The highest BCUT2D eigenvalue weighted by atomic mass is 16.5. The van der Waals surface area contributed by atoms with Crippen molar-refractivity contribution in [3.05, 3.63) is 17.7 Å². The number of anilines is 1. The van der Waals surface area contributed by atoms with E-state index in [2.05, 4.69) is 10.1 Å². The van der Waals surface area contributed by atoms with Gasteiger partial charge >= 0.3 is 11.9 Å². The van der Waals surface area contributed by atoms with Crippen LogP contribution in [0.3, 0.4) is 0 Å². The molecule has 126 valence electrons. The van der Waals surface area contributed by atoms with Crippen LogP contribution in [0, 0.1) is 0 Å². The summed E-state index contributed by atoms with van der Waals surface area (Å²) in [6, 6.07) is 2.81. The molecule has 0 heterocycles. The van der Waals surface area contributed by atoms with Gasteiger partial charge in [0.05, 0.1) is 39.2 Å². The van der Waals surface area contributed by atoms with E-state index in [-0.39, 0.29) is 17.9 Å². The number of benzene rings is 1. The van der Waals surface area contributed by atoms with Crippen LogP contribution in [0.25, 0.3) is 0 Å². The van der Waals surface area contributed by atoms with E-state index in [9.17, 15) is 14.4 Å². The molecule has 23 heavy (non-hydrogen) atoms. The molecule has 0 aromatic heterocycles. The highest BCUT2D eigenvalue weighted by Crippen LogP contribution is 2.33. The monoisotopic (exact) mass is 325 g/mol. The molecule has 0 fully saturated rings. The third kappa shape index (κ3) is 4.87. The van der Waals surface area contributed by atoms with Gasteiger partial charge in [0.15, 0.2) is 11.5 Å². The average Bonchev–Trinajstić information content (AvgIpc) is 2.54. The summed E-state index contributed by atoms with van der Waals surface area (Å²) >= 11 is 0. The maximum absolute atomic E-state index is 12.0. The molecule has 0 saturated heterocycles. The van der Waals surface area contributed by atoms with Crippen molar-refractivity contribution in [2.75, 3.05) is 33.3 Å². The van der Waals surface area contributed by atoms with Gasteiger partial charge in [-0.05, 0) is 6.92 Å². The molecule has 0 spiro atoms. The maximum atomic E-state index is 12.0. The number of carbonyl (C=O) groups excluding carboxylic acids is 3. The zero-order chi connectivity index (χ0) is 17.4. The molecule has 0 aliphatic heterocycles. The molecule has 1 rings (SSSR count). The van der Waals surface area contributed by atoms with Crippen LogP contribution < -0.4 is 14.8 Å². The van der Waals surface area contributed by atoms with Crippen molar-refractivity contribution in [1.82, 2.24) is 0 Å². The third-order valence-corrected chi connectivity index (χ3v) is 2.83. The second kappa shape index (κ2) is 8.62. The van der Waals surface area contributed by atoms with E-state index < -0.39 is 24.3 Å². The number of methoxy groups -OCH3 is 3. The molecule has 0 aliphatic rings. The van der Waals surface area contributed by atoms with Gasteiger partial charge in [-0.2, -0.15) is 0 Å². The van der Waals surface area contributed by atoms with E-state index in [1.807, 2.05) is 0 Å². The number of amides is 1. The number of hydrogen-bond acceptors (Lipinski definition) is 7. The first-order valence-corrected chi connectivity index (χ1v) is 6.76. The topological polar surface area (TPSA) is 100 Å². The second-order valence-corrected chi connectivity index (χ2v) is 4.27. The van der Waals surface area contributed by atoms with Crippen LogP contribution in [-0.4, -0.2) is 45.8 Å². The number of nitrogens with one attached hydrogen (secondary N) is 1. The smallest absolute Gasteiger partial charge is 0.340 e. The molecule has 0 unspecified atom stereocenters. The zero-order valence-corrected chi connectivity index (χ0v) is 13.4. The first-order valence-electron chi connectivity index (χ1n) is 6.76. The summed E-state index contributed by atoms with van der Waals surface area (Å²) in [5.41, 5.74) is 0.234. The van der Waals surface area contributed by atoms with Crippen LogP contribution in [0.1, 0.15) is 23.7 Å². The molecule has 1 aromatic carbocycles. The van der Waals surface area contributed by atoms with Gasteiger partial charge in [0.1, 0.15) is 6.42 Å². The zero-order valence-electron chi connectivity index (χ0n) is 13.4. The summed E-state index contributed by atoms with van der Waals surface area (Å²) in [5, 5.41) is 2.46. The molecule has 1 aromatic rings. The van der Waals surface area contributed by atoms with Crippen molar-refractivity contribution in [1.29, 1.82) is 0 Å². The number of carbonyl (C=O) groups is 3. The summed E-state index contributed by atoms with van der Waals surface area (Å²) in [7, 11) is 4.01. The van der Waals surface area contributed by atoms with Crippen molar-refractivity contribution in [2.24, 2.45) is 0 Å². The van der Waals surface area contributed by atoms with Crippen LogP contribution >= 0.6 is 0 Å². The lowest BCUT2D eigenvalue weighted by atomic mass is 10.1. The predicted octanol–water partition coefficient (Wildman–Crippen LogP) is 1.38. The molecule has 8 nitrogen and oxygen atoms in total. The summed E-state index contributed by atoms with van der Waals surface area (Å²) in [5.74, 6) is -1.34. The Kier molecular flexibility index (Phi) is 6.85. The summed E-state index contributed by atoms with van der Waals surface area (Å²) < 4.78 is 19.6. The van der Waals surface area contributed by atoms with Gasteiger partial charge in [0.2, 0.25) is 5.91 Å². The van der Waals surface area contributed by atoms with Crippen LogP contribution in [0.2, 0.25) is 0 Å². The SMILES string of the molecule is CCOC(=O)c1cc(OC)c(OC)cc1NC(=O)CC(=O)OC. The number of hydrogen-bond donors (Lipinski definition) is 1. The number of esters is 2. The Labute approximate surface area is 133 Å². The third-order valence-electron chi connectivity index (χ3n) is 2.83. The first kappa shape index (κ1) is 18.3. The molecule has 0 saturated carbocycles. The highest BCUT2D eigenvalue weighted by Gasteiger charge is 2.20. The van der Waals surface area contributed by atoms with Crippen LogP contribution in [0.4, 0.5) is 5.69 Å². The molecule has 0 atom stereocenters. The van der Waals surface area contributed by atoms with Crippen LogP contribution in [0.15, 0.2) is 12.1 Å². The lowest BCUT2D eigenvalue weighted by Gasteiger charge is -2.14. The van der Waals surface area contributed by atoms with Crippen LogP contribution in [-0.2, 0) is 19.1 Å². The van der Waals surface area contributed by atoms with Gasteiger partial charge in [0, 0.05) is 12.1 Å². The van der Waals surface area contributed by atoms with E-state index in [1.54, 1.807) is 6.92 Å². The fourth-order valence-electron chi connectivity index (χ4n) is 1.76. The molecule has 0 bridgehead atoms. The molecule has 8 heteroatoms. The fraction of sp³-hybridized carbons (Fsp3) is 0.400. The van der Waals surface area contributed by atoms with E-state index in [0.717, 1.165) is 0 Å². The second-order valence-electron chi connectivity index (χ2n) is 4.27. The Balaban J connectivity index is 3.18. The Bertz CT molecular complexity index is 598. The minimum atomic E-state index is -0.694. The predicted molar refractivity (Wildman–Crippen MR) is 80.8 cm³/mol. The first-order chi connectivity index (χ1) is 11.0. The van der Waals surface area contributed by atoms with Gasteiger partial charge in [-0.15, -0.1) is 0 Å².